The summed E-state index contributed by atoms with van der Waals surface area (Å²) in [5.41, 5.74) is 1.19. The monoisotopic (exact) mass is 302 g/mol. The number of ketones is 1. The standard InChI is InChI=1S/C18H26O2Si/c1-18(2,3)21(4,5)20-17-12-11-15(19)13-16(17)14-9-7-6-8-10-14/h6-12,16-17H,13H2,1-5H3/t16-,17+/m0/s1. The van der Waals surface area contributed by atoms with Crippen molar-refractivity contribution in [2.75, 3.05) is 0 Å². The van der Waals surface area contributed by atoms with Crippen LogP contribution in [-0.2, 0) is 9.22 Å². The zero-order chi connectivity index (χ0) is 15.7. The average Bonchev–Trinajstić information content (AvgIpc) is 2.40. The summed E-state index contributed by atoms with van der Waals surface area (Å²) in [4.78, 5) is 11.8. The smallest absolute Gasteiger partial charge is 0.192 e. The molecule has 0 N–H and O–H groups in total. The van der Waals surface area contributed by atoms with E-state index in [0.29, 0.717) is 6.42 Å². The molecule has 0 radical (unpaired) electrons. The van der Waals surface area contributed by atoms with Crippen LogP contribution in [0.15, 0.2) is 42.5 Å². The summed E-state index contributed by atoms with van der Waals surface area (Å²) in [6.07, 6.45) is 4.20. The van der Waals surface area contributed by atoms with Gasteiger partial charge in [0.1, 0.15) is 0 Å². The molecule has 0 aliphatic heterocycles. The van der Waals surface area contributed by atoms with Gasteiger partial charge in [0, 0.05) is 12.3 Å². The third kappa shape index (κ3) is 3.72. The molecule has 0 spiro atoms. The van der Waals surface area contributed by atoms with Crippen LogP contribution in [0.5, 0.6) is 0 Å². The fraction of sp³-hybridized carbons (Fsp3) is 0.500. The van der Waals surface area contributed by atoms with Gasteiger partial charge in [0.05, 0.1) is 6.10 Å². The molecule has 2 rings (SSSR count). The van der Waals surface area contributed by atoms with E-state index in [9.17, 15) is 4.79 Å². The molecule has 0 fully saturated rings. The number of carbonyl (C=O) groups excluding carboxylic acids is 1. The number of carbonyl (C=O) groups is 1. The summed E-state index contributed by atoms with van der Waals surface area (Å²) in [5.74, 6) is 0.330. The largest absolute Gasteiger partial charge is 0.410 e. The van der Waals surface area contributed by atoms with Crippen molar-refractivity contribution in [3.05, 3.63) is 48.0 Å². The number of allylic oxidation sites excluding steroid dienone is 1. The average molecular weight is 302 g/mol. The van der Waals surface area contributed by atoms with Gasteiger partial charge in [0.25, 0.3) is 0 Å². The Labute approximate surface area is 129 Å². The number of hydrogen-bond donors (Lipinski definition) is 0. The van der Waals surface area contributed by atoms with Gasteiger partial charge >= 0.3 is 0 Å². The fourth-order valence-corrected chi connectivity index (χ4v) is 3.66. The van der Waals surface area contributed by atoms with Gasteiger partial charge in [-0.25, -0.2) is 0 Å². The van der Waals surface area contributed by atoms with Crippen LogP contribution in [0.4, 0.5) is 0 Å². The molecular weight excluding hydrogens is 276 g/mol. The van der Waals surface area contributed by atoms with Gasteiger partial charge in [-0.15, -0.1) is 0 Å². The summed E-state index contributed by atoms with van der Waals surface area (Å²) in [7, 11) is -1.85. The molecule has 21 heavy (non-hydrogen) atoms. The second kappa shape index (κ2) is 5.89. The van der Waals surface area contributed by atoms with Crippen molar-refractivity contribution in [3.63, 3.8) is 0 Å². The van der Waals surface area contributed by atoms with E-state index in [2.05, 4.69) is 46.0 Å². The molecular formula is C18H26O2Si. The van der Waals surface area contributed by atoms with E-state index in [4.69, 9.17) is 4.43 Å². The minimum absolute atomic E-state index is 0.00555. The first-order valence-electron chi connectivity index (χ1n) is 7.64. The maximum Gasteiger partial charge on any atom is 0.192 e. The minimum atomic E-state index is -1.85. The molecule has 1 aromatic rings. The molecule has 0 aromatic heterocycles. The Kier molecular flexibility index (Phi) is 4.54. The molecule has 1 aliphatic rings. The van der Waals surface area contributed by atoms with Crippen molar-refractivity contribution in [1.82, 2.24) is 0 Å². The second-order valence-corrected chi connectivity index (χ2v) is 12.1. The van der Waals surface area contributed by atoms with E-state index in [-0.39, 0.29) is 22.8 Å². The zero-order valence-electron chi connectivity index (χ0n) is 13.7. The zero-order valence-corrected chi connectivity index (χ0v) is 14.7. The van der Waals surface area contributed by atoms with Crippen LogP contribution < -0.4 is 0 Å². The highest BCUT2D eigenvalue weighted by molar-refractivity contribution is 6.74. The Bertz CT molecular complexity index is 526. The lowest BCUT2D eigenvalue weighted by molar-refractivity contribution is -0.115. The van der Waals surface area contributed by atoms with Crippen LogP contribution in [0, 0.1) is 0 Å². The van der Waals surface area contributed by atoms with E-state index in [1.807, 2.05) is 24.3 Å². The summed E-state index contributed by atoms with van der Waals surface area (Å²) in [5, 5.41) is 0.170. The van der Waals surface area contributed by atoms with Crippen molar-refractivity contribution < 1.29 is 9.22 Å². The molecule has 2 atom stereocenters. The highest BCUT2D eigenvalue weighted by Crippen LogP contribution is 2.40. The molecule has 1 aromatic carbocycles. The molecule has 0 saturated heterocycles. The van der Waals surface area contributed by atoms with Gasteiger partial charge in [0.15, 0.2) is 14.1 Å². The van der Waals surface area contributed by atoms with Crippen molar-refractivity contribution in [2.24, 2.45) is 0 Å². The molecule has 0 amide bonds. The lowest BCUT2D eigenvalue weighted by atomic mass is 9.85. The van der Waals surface area contributed by atoms with Gasteiger partial charge in [-0.1, -0.05) is 57.2 Å². The van der Waals surface area contributed by atoms with Crippen molar-refractivity contribution in [1.29, 1.82) is 0 Å². The van der Waals surface area contributed by atoms with Crippen LogP contribution in [0.25, 0.3) is 0 Å². The molecule has 0 unspecified atom stereocenters. The predicted octanol–water partition coefficient (Wildman–Crippen LogP) is 4.69. The molecule has 3 heteroatoms. The van der Waals surface area contributed by atoms with Gasteiger partial charge in [0.2, 0.25) is 0 Å². The van der Waals surface area contributed by atoms with Crippen LogP contribution in [0.2, 0.25) is 18.1 Å². The van der Waals surface area contributed by atoms with Gasteiger partial charge in [-0.3, -0.25) is 4.79 Å². The molecule has 0 heterocycles. The van der Waals surface area contributed by atoms with Crippen LogP contribution in [0.1, 0.15) is 38.7 Å². The van der Waals surface area contributed by atoms with E-state index in [1.54, 1.807) is 6.08 Å². The Morgan fingerprint density at radius 2 is 1.76 bits per heavy atom. The van der Waals surface area contributed by atoms with Crippen molar-refractivity contribution in [2.45, 2.75) is 57.3 Å². The van der Waals surface area contributed by atoms with E-state index >= 15 is 0 Å². The summed E-state index contributed by atoms with van der Waals surface area (Å²) in [6, 6.07) is 10.3. The lowest BCUT2D eigenvalue weighted by Gasteiger charge is -2.41. The Morgan fingerprint density at radius 1 is 1.14 bits per heavy atom. The van der Waals surface area contributed by atoms with E-state index < -0.39 is 8.32 Å². The van der Waals surface area contributed by atoms with Gasteiger partial charge in [-0.2, -0.15) is 0 Å². The molecule has 2 nitrogen and oxygen atoms in total. The normalized spacial score (nSPS) is 23.4. The Morgan fingerprint density at radius 3 is 2.33 bits per heavy atom. The summed E-state index contributed by atoms with van der Waals surface area (Å²) >= 11 is 0. The van der Waals surface area contributed by atoms with Crippen molar-refractivity contribution >= 4 is 14.1 Å². The third-order valence-corrected chi connectivity index (χ3v) is 9.23. The lowest BCUT2D eigenvalue weighted by Crippen LogP contribution is -2.45. The van der Waals surface area contributed by atoms with Crippen LogP contribution in [0.3, 0.4) is 0 Å². The maximum atomic E-state index is 11.8. The molecule has 0 saturated carbocycles. The minimum Gasteiger partial charge on any atom is -0.410 e. The molecule has 1 aliphatic carbocycles. The SMILES string of the molecule is CC(C)(C)[Si](C)(C)O[C@@H]1C=CC(=O)C[C@H]1c1ccccc1. The number of hydrogen-bond acceptors (Lipinski definition) is 2. The second-order valence-electron chi connectivity index (χ2n) is 7.39. The van der Waals surface area contributed by atoms with E-state index in [0.717, 1.165) is 0 Å². The third-order valence-electron chi connectivity index (χ3n) is 4.75. The van der Waals surface area contributed by atoms with Crippen LogP contribution >= 0.6 is 0 Å². The van der Waals surface area contributed by atoms with Crippen LogP contribution in [-0.4, -0.2) is 20.2 Å². The number of benzene rings is 1. The first kappa shape index (κ1) is 16.2. The number of rotatable bonds is 3. The van der Waals surface area contributed by atoms with Gasteiger partial charge in [-0.05, 0) is 29.8 Å². The quantitative estimate of drug-likeness (QED) is 0.757. The highest BCUT2D eigenvalue weighted by atomic mass is 28.4. The first-order valence-corrected chi connectivity index (χ1v) is 10.6. The van der Waals surface area contributed by atoms with E-state index in [1.165, 1.54) is 5.56 Å². The molecule has 0 bridgehead atoms. The summed E-state index contributed by atoms with van der Waals surface area (Å²) < 4.78 is 6.56. The van der Waals surface area contributed by atoms with Crippen molar-refractivity contribution in [3.8, 4) is 0 Å². The molecule has 114 valence electrons. The highest BCUT2D eigenvalue weighted by Gasteiger charge is 2.41. The first-order chi connectivity index (χ1) is 9.71. The van der Waals surface area contributed by atoms with Gasteiger partial charge < -0.3 is 4.43 Å². The maximum absolute atomic E-state index is 11.8. The topological polar surface area (TPSA) is 26.3 Å². The Hall–Kier alpha value is -1.19. The predicted molar refractivity (Wildman–Crippen MR) is 90.0 cm³/mol. The summed E-state index contributed by atoms with van der Waals surface area (Å²) in [6.45, 7) is 11.3. The Balaban J connectivity index is 2.27. The fourth-order valence-electron chi connectivity index (χ4n) is 2.38.